The van der Waals surface area contributed by atoms with Crippen LogP contribution in [0.15, 0.2) is 53.4 Å². The first-order valence-corrected chi connectivity index (χ1v) is 8.08. The van der Waals surface area contributed by atoms with Gasteiger partial charge in [0.25, 0.3) is 0 Å². The molecule has 0 aliphatic heterocycles. The lowest BCUT2D eigenvalue weighted by atomic mass is 9.86. The molecular formula is C18H22OS. The standard InChI is InChI=1S/C18H22OS/c1-18(2,3)15-7-5-6-14(12-15)13-19-16-8-10-17(20-4)11-9-16/h5-12H,13H2,1-4H3. The Morgan fingerprint density at radius 2 is 1.70 bits per heavy atom. The molecule has 0 atom stereocenters. The first-order chi connectivity index (χ1) is 9.49. The van der Waals surface area contributed by atoms with Crippen LogP contribution in [-0.4, -0.2) is 6.26 Å². The number of ether oxygens (including phenoxy) is 1. The summed E-state index contributed by atoms with van der Waals surface area (Å²) < 4.78 is 5.85. The first kappa shape index (κ1) is 15.0. The van der Waals surface area contributed by atoms with Crippen molar-refractivity contribution in [1.29, 1.82) is 0 Å². The molecule has 0 saturated heterocycles. The molecule has 2 heteroatoms. The van der Waals surface area contributed by atoms with E-state index < -0.39 is 0 Å². The van der Waals surface area contributed by atoms with Crippen molar-refractivity contribution >= 4 is 11.8 Å². The normalized spacial score (nSPS) is 11.4. The third-order valence-electron chi connectivity index (χ3n) is 3.26. The molecule has 0 aromatic heterocycles. The van der Waals surface area contributed by atoms with Crippen molar-refractivity contribution in [3.05, 3.63) is 59.7 Å². The van der Waals surface area contributed by atoms with Gasteiger partial charge in [-0.15, -0.1) is 11.8 Å². The molecule has 0 heterocycles. The minimum absolute atomic E-state index is 0.177. The third-order valence-corrected chi connectivity index (χ3v) is 4.00. The van der Waals surface area contributed by atoms with E-state index in [4.69, 9.17) is 4.74 Å². The van der Waals surface area contributed by atoms with E-state index in [1.54, 1.807) is 11.8 Å². The van der Waals surface area contributed by atoms with Gasteiger partial charge in [0, 0.05) is 4.90 Å². The molecule has 0 radical (unpaired) electrons. The second kappa shape index (κ2) is 6.36. The Hall–Kier alpha value is -1.41. The van der Waals surface area contributed by atoms with Gasteiger partial charge in [0.2, 0.25) is 0 Å². The zero-order valence-corrected chi connectivity index (χ0v) is 13.5. The summed E-state index contributed by atoms with van der Waals surface area (Å²) in [5, 5.41) is 0. The number of hydrogen-bond donors (Lipinski definition) is 0. The quantitative estimate of drug-likeness (QED) is 0.707. The maximum absolute atomic E-state index is 5.85. The maximum atomic E-state index is 5.85. The van der Waals surface area contributed by atoms with Gasteiger partial charge in [0.1, 0.15) is 12.4 Å². The molecule has 0 N–H and O–H groups in total. The molecule has 0 saturated carbocycles. The third kappa shape index (κ3) is 4.04. The first-order valence-electron chi connectivity index (χ1n) is 6.85. The topological polar surface area (TPSA) is 9.23 Å². The average molecular weight is 286 g/mol. The van der Waals surface area contributed by atoms with Crippen molar-refractivity contribution in [2.75, 3.05) is 6.26 Å². The molecule has 1 nitrogen and oxygen atoms in total. The Morgan fingerprint density at radius 1 is 1.00 bits per heavy atom. The van der Waals surface area contributed by atoms with E-state index in [0.717, 1.165) is 5.75 Å². The fourth-order valence-corrected chi connectivity index (χ4v) is 2.37. The zero-order valence-electron chi connectivity index (χ0n) is 12.6. The minimum Gasteiger partial charge on any atom is -0.489 e. The van der Waals surface area contributed by atoms with Gasteiger partial charge in [-0.3, -0.25) is 0 Å². The highest BCUT2D eigenvalue weighted by molar-refractivity contribution is 7.98. The summed E-state index contributed by atoms with van der Waals surface area (Å²) in [5.41, 5.74) is 2.73. The van der Waals surface area contributed by atoms with Crippen molar-refractivity contribution in [1.82, 2.24) is 0 Å². The van der Waals surface area contributed by atoms with Crippen LogP contribution in [0.5, 0.6) is 5.75 Å². The van der Waals surface area contributed by atoms with Gasteiger partial charge in [-0.1, -0.05) is 45.0 Å². The molecule has 0 amide bonds. The highest BCUT2D eigenvalue weighted by Gasteiger charge is 2.13. The highest BCUT2D eigenvalue weighted by atomic mass is 32.2. The van der Waals surface area contributed by atoms with Gasteiger partial charge in [-0.2, -0.15) is 0 Å². The van der Waals surface area contributed by atoms with Crippen molar-refractivity contribution in [2.24, 2.45) is 0 Å². The lowest BCUT2D eigenvalue weighted by Crippen LogP contribution is -2.11. The maximum Gasteiger partial charge on any atom is 0.119 e. The fraction of sp³-hybridized carbons (Fsp3) is 0.333. The Labute approximate surface area is 126 Å². The lowest BCUT2D eigenvalue weighted by molar-refractivity contribution is 0.305. The largest absolute Gasteiger partial charge is 0.489 e. The van der Waals surface area contributed by atoms with Crippen molar-refractivity contribution < 1.29 is 4.74 Å². The molecule has 2 aromatic carbocycles. The lowest BCUT2D eigenvalue weighted by Gasteiger charge is -2.19. The molecule has 0 aliphatic carbocycles. The summed E-state index contributed by atoms with van der Waals surface area (Å²) in [6.45, 7) is 7.30. The Kier molecular flexibility index (Phi) is 4.77. The van der Waals surface area contributed by atoms with Crippen LogP contribution < -0.4 is 4.74 Å². The second-order valence-corrected chi connectivity index (χ2v) is 6.79. The second-order valence-electron chi connectivity index (χ2n) is 5.91. The van der Waals surface area contributed by atoms with Crippen LogP contribution in [0, 0.1) is 0 Å². The van der Waals surface area contributed by atoms with Crippen LogP contribution in [0.3, 0.4) is 0 Å². The average Bonchev–Trinajstić information content (AvgIpc) is 2.45. The summed E-state index contributed by atoms with van der Waals surface area (Å²) in [5.74, 6) is 0.920. The van der Waals surface area contributed by atoms with Crippen LogP contribution in [0.25, 0.3) is 0 Å². The predicted octanol–water partition coefficient (Wildman–Crippen LogP) is 5.29. The van der Waals surface area contributed by atoms with Gasteiger partial charge >= 0.3 is 0 Å². The SMILES string of the molecule is CSc1ccc(OCc2cccc(C(C)(C)C)c2)cc1. The van der Waals surface area contributed by atoms with Crippen LogP contribution in [0.1, 0.15) is 31.9 Å². The summed E-state index contributed by atoms with van der Waals surface area (Å²) in [6, 6.07) is 16.9. The molecule has 2 rings (SSSR count). The van der Waals surface area contributed by atoms with E-state index in [1.807, 2.05) is 12.1 Å². The summed E-state index contributed by atoms with van der Waals surface area (Å²) >= 11 is 1.74. The van der Waals surface area contributed by atoms with Crippen molar-refractivity contribution in [3.8, 4) is 5.75 Å². The van der Waals surface area contributed by atoms with Gasteiger partial charge in [0.05, 0.1) is 0 Å². The van der Waals surface area contributed by atoms with E-state index >= 15 is 0 Å². The van der Waals surface area contributed by atoms with Gasteiger partial charge in [-0.25, -0.2) is 0 Å². The van der Waals surface area contributed by atoms with E-state index in [-0.39, 0.29) is 5.41 Å². The molecule has 20 heavy (non-hydrogen) atoms. The fourth-order valence-electron chi connectivity index (χ4n) is 1.97. The van der Waals surface area contributed by atoms with Crippen molar-refractivity contribution in [2.45, 2.75) is 37.7 Å². The number of benzene rings is 2. The molecule has 0 spiro atoms. The summed E-state index contributed by atoms with van der Waals surface area (Å²) in [6.07, 6.45) is 2.08. The number of hydrogen-bond acceptors (Lipinski definition) is 2. The van der Waals surface area contributed by atoms with Crippen LogP contribution >= 0.6 is 11.8 Å². The Balaban J connectivity index is 2.03. The van der Waals surface area contributed by atoms with Crippen LogP contribution in [0.4, 0.5) is 0 Å². The molecule has 106 valence electrons. The van der Waals surface area contributed by atoms with E-state index in [0.29, 0.717) is 6.61 Å². The van der Waals surface area contributed by atoms with E-state index in [1.165, 1.54) is 16.0 Å². The number of thioether (sulfide) groups is 1. The molecule has 2 aromatic rings. The highest BCUT2D eigenvalue weighted by Crippen LogP contribution is 2.24. The van der Waals surface area contributed by atoms with E-state index in [9.17, 15) is 0 Å². The Morgan fingerprint density at radius 3 is 2.30 bits per heavy atom. The minimum atomic E-state index is 0.177. The van der Waals surface area contributed by atoms with Gasteiger partial charge in [0.15, 0.2) is 0 Å². The number of rotatable bonds is 4. The molecule has 0 bridgehead atoms. The molecule has 0 unspecified atom stereocenters. The summed E-state index contributed by atoms with van der Waals surface area (Å²) in [7, 11) is 0. The smallest absolute Gasteiger partial charge is 0.119 e. The summed E-state index contributed by atoms with van der Waals surface area (Å²) in [4.78, 5) is 1.26. The Bertz CT molecular complexity index is 552. The van der Waals surface area contributed by atoms with Crippen LogP contribution in [-0.2, 0) is 12.0 Å². The molecule has 0 aliphatic rings. The monoisotopic (exact) mass is 286 g/mol. The zero-order chi connectivity index (χ0) is 14.6. The molecule has 0 fully saturated rings. The van der Waals surface area contributed by atoms with Crippen LogP contribution in [0.2, 0.25) is 0 Å². The van der Waals surface area contributed by atoms with Gasteiger partial charge in [-0.05, 0) is 47.1 Å². The predicted molar refractivity (Wildman–Crippen MR) is 87.7 cm³/mol. The van der Waals surface area contributed by atoms with E-state index in [2.05, 4.69) is 63.4 Å². The van der Waals surface area contributed by atoms with Gasteiger partial charge < -0.3 is 4.74 Å². The molecular weight excluding hydrogens is 264 g/mol. The van der Waals surface area contributed by atoms with Crippen molar-refractivity contribution in [3.63, 3.8) is 0 Å².